The lowest BCUT2D eigenvalue weighted by molar-refractivity contribution is 0.0735. The third-order valence-electron chi connectivity index (χ3n) is 2.23. The molecule has 94 valence electrons. The molecule has 0 bridgehead atoms. The molecule has 0 saturated heterocycles. The zero-order valence-corrected chi connectivity index (χ0v) is 11.0. The first-order chi connectivity index (χ1) is 8.00. The Labute approximate surface area is 106 Å². The third-order valence-corrected chi connectivity index (χ3v) is 2.44. The van der Waals surface area contributed by atoms with Crippen molar-refractivity contribution in [3.63, 3.8) is 0 Å². The summed E-state index contributed by atoms with van der Waals surface area (Å²) in [6.45, 7) is 5.36. The summed E-state index contributed by atoms with van der Waals surface area (Å²) in [5.41, 5.74) is 5.96. The van der Waals surface area contributed by atoms with E-state index < -0.39 is 0 Å². The van der Waals surface area contributed by atoms with Gasteiger partial charge in [-0.1, -0.05) is 26.1 Å². The molecule has 1 heterocycles. The second-order valence-electron chi connectivity index (χ2n) is 4.33. The van der Waals surface area contributed by atoms with E-state index in [2.05, 4.69) is 24.0 Å². The van der Waals surface area contributed by atoms with E-state index in [1.807, 2.05) is 0 Å². The van der Waals surface area contributed by atoms with Gasteiger partial charge in [0, 0.05) is 25.7 Å². The molecule has 0 aliphatic heterocycles. The van der Waals surface area contributed by atoms with Gasteiger partial charge in [-0.25, -0.2) is 0 Å². The van der Waals surface area contributed by atoms with Gasteiger partial charge in [0.1, 0.15) is 5.69 Å². The fourth-order valence-corrected chi connectivity index (χ4v) is 1.60. The van der Waals surface area contributed by atoms with Crippen LogP contribution in [0, 0.1) is 5.92 Å². The van der Waals surface area contributed by atoms with Crippen LogP contribution in [0.1, 0.15) is 30.8 Å². The normalized spacial score (nSPS) is 10.5. The largest absolute Gasteiger partial charge is 0.393 e. The van der Waals surface area contributed by atoms with E-state index in [9.17, 15) is 4.79 Å². The highest BCUT2D eigenvalue weighted by molar-refractivity contribution is 7.80. The minimum absolute atomic E-state index is 0.0625. The quantitative estimate of drug-likeness (QED) is 0.748. The maximum Gasteiger partial charge on any atom is 0.271 e. The predicted molar refractivity (Wildman–Crippen MR) is 70.7 cm³/mol. The van der Waals surface area contributed by atoms with Crippen LogP contribution in [0.5, 0.6) is 0 Å². The molecule has 0 spiro atoms. The second-order valence-corrected chi connectivity index (χ2v) is 4.86. The van der Waals surface area contributed by atoms with Gasteiger partial charge in [-0.3, -0.25) is 9.89 Å². The van der Waals surface area contributed by atoms with Gasteiger partial charge in [0.05, 0.1) is 4.99 Å². The van der Waals surface area contributed by atoms with Crippen molar-refractivity contribution in [2.45, 2.75) is 20.3 Å². The number of hydrogen-bond acceptors (Lipinski definition) is 3. The van der Waals surface area contributed by atoms with Crippen LogP contribution < -0.4 is 5.73 Å². The van der Waals surface area contributed by atoms with Crippen LogP contribution >= 0.6 is 12.2 Å². The number of H-pyrrole nitrogens is 1. The van der Waals surface area contributed by atoms with Crippen molar-refractivity contribution in [2.75, 3.05) is 13.1 Å². The highest BCUT2D eigenvalue weighted by Crippen LogP contribution is 2.06. The van der Waals surface area contributed by atoms with Gasteiger partial charge in [0.25, 0.3) is 5.91 Å². The molecule has 1 aromatic rings. The first kappa shape index (κ1) is 13.6. The standard InChI is InChI=1S/C11H18N4OS/c1-8(2)7-15(6-4-10(12)17)11(16)9-3-5-13-14-9/h3,5,8H,4,6-7H2,1-2H3,(H2,12,17)(H,13,14). The molecule has 0 atom stereocenters. The maximum atomic E-state index is 12.1. The molecule has 6 heteroatoms. The molecule has 0 aliphatic carbocycles. The highest BCUT2D eigenvalue weighted by Gasteiger charge is 2.17. The lowest BCUT2D eigenvalue weighted by atomic mass is 10.2. The van der Waals surface area contributed by atoms with Crippen molar-refractivity contribution >= 4 is 23.1 Å². The molecule has 0 radical (unpaired) electrons. The van der Waals surface area contributed by atoms with Gasteiger partial charge in [0.2, 0.25) is 0 Å². The van der Waals surface area contributed by atoms with Crippen LogP contribution in [0.4, 0.5) is 0 Å². The Bertz CT molecular complexity index is 375. The van der Waals surface area contributed by atoms with Crippen molar-refractivity contribution in [1.29, 1.82) is 0 Å². The van der Waals surface area contributed by atoms with Crippen LogP contribution in [0.25, 0.3) is 0 Å². The lowest BCUT2D eigenvalue weighted by Gasteiger charge is -2.23. The van der Waals surface area contributed by atoms with Gasteiger partial charge >= 0.3 is 0 Å². The molecule has 1 amide bonds. The average molecular weight is 254 g/mol. The Morgan fingerprint density at radius 1 is 1.65 bits per heavy atom. The van der Waals surface area contributed by atoms with Crippen molar-refractivity contribution in [2.24, 2.45) is 11.7 Å². The van der Waals surface area contributed by atoms with Crippen LogP contribution in [-0.2, 0) is 0 Å². The summed E-state index contributed by atoms with van der Waals surface area (Å²) in [5, 5.41) is 6.45. The van der Waals surface area contributed by atoms with Gasteiger partial charge < -0.3 is 10.6 Å². The summed E-state index contributed by atoms with van der Waals surface area (Å²) in [7, 11) is 0. The fourth-order valence-electron chi connectivity index (χ4n) is 1.51. The average Bonchev–Trinajstić information content (AvgIpc) is 2.75. The topological polar surface area (TPSA) is 75.0 Å². The summed E-state index contributed by atoms with van der Waals surface area (Å²) in [4.78, 5) is 14.3. The van der Waals surface area contributed by atoms with E-state index in [1.165, 1.54) is 0 Å². The van der Waals surface area contributed by atoms with Gasteiger partial charge in [0.15, 0.2) is 0 Å². The number of hydrogen-bond donors (Lipinski definition) is 2. The summed E-state index contributed by atoms with van der Waals surface area (Å²) < 4.78 is 0. The highest BCUT2D eigenvalue weighted by atomic mass is 32.1. The van der Waals surface area contributed by atoms with Crippen LogP contribution in [-0.4, -0.2) is 39.1 Å². The third kappa shape index (κ3) is 4.52. The van der Waals surface area contributed by atoms with E-state index in [-0.39, 0.29) is 5.91 Å². The van der Waals surface area contributed by atoms with Crippen LogP contribution in [0.3, 0.4) is 0 Å². The SMILES string of the molecule is CC(C)CN(CCC(N)=S)C(=O)c1ccn[nH]1. The Morgan fingerprint density at radius 2 is 2.35 bits per heavy atom. The molecule has 5 nitrogen and oxygen atoms in total. The van der Waals surface area contributed by atoms with E-state index in [0.717, 1.165) is 0 Å². The molecule has 0 aromatic carbocycles. The minimum atomic E-state index is -0.0625. The smallest absolute Gasteiger partial charge is 0.271 e. The second kappa shape index (κ2) is 6.34. The number of amides is 1. The number of carbonyl (C=O) groups excluding carboxylic acids is 1. The summed E-state index contributed by atoms with van der Waals surface area (Å²) in [6, 6.07) is 1.66. The zero-order chi connectivity index (χ0) is 12.8. The first-order valence-electron chi connectivity index (χ1n) is 5.57. The van der Waals surface area contributed by atoms with Gasteiger partial charge in [-0.2, -0.15) is 5.10 Å². The lowest BCUT2D eigenvalue weighted by Crippen LogP contribution is -2.36. The van der Waals surface area contributed by atoms with E-state index in [4.69, 9.17) is 18.0 Å². The van der Waals surface area contributed by atoms with Gasteiger partial charge in [-0.05, 0) is 12.0 Å². The number of aromatic amines is 1. The molecule has 0 aliphatic rings. The first-order valence-corrected chi connectivity index (χ1v) is 5.98. The van der Waals surface area contributed by atoms with Crippen LogP contribution in [0.2, 0.25) is 0 Å². The summed E-state index contributed by atoms with van der Waals surface area (Å²) in [5.74, 6) is 0.334. The van der Waals surface area contributed by atoms with Gasteiger partial charge in [-0.15, -0.1) is 0 Å². The molecule has 0 fully saturated rings. The predicted octanol–water partition coefficient (Wildman–Crippen LogP) is 1.18. The number of nitrogens with two attached hydrogens (primary N) is 1. The summed E-state index contributed by atoms with van der Waals surface area (Å²) in [6.07, 6.45) is 2.11. The Balaban J connectivity index is 2.68. The Morgan fingerprint density at radius 3 is 2.82 bits per heavy atom. The molecular weight excluding hydrogens is 236 g/mol. The Kier molecular flexibility index (Phi) is 5.09. The number of thiocarbonyl (C=S) groups is 1. The van der Waals surface area contributed by atoms with Crippen LogP contribution in [0.15, 0.2) is 12.3 Å². The van der Waals surface area contributed by atoms with Crippen molar-refractivity contribution in [3.05, 3.63) is 18.0 Å². The number of rotatable bonds is 6. The number of nitrogens with zero attached hydrogens (tertiary/aromatic N) is 2. The number of aromatic nitrogens is 2. The number of nitrogens with one attached hydrogen (secondary N) is 1. The molecular formula is C11H18N4OS. The number of carbonyl (C=O) groups is 1. The van der Waals surface area contributed by atoms with E-state index >= 15 is 0 Å². The molecule has 1 aromatic heterocycles. The van der Waals surface area contributed by atoms with E-state index in [0.29, 0.717) is 36.1 Å². The van der Waals surface area contributed by atoms with E-state index in [1.54, 1.807) is 17.2 Å². The molecule has 1 rings (SSSR count). The van der Waals surface area contributed by atoms with Crippen molar-refractivity contribution in [3.8, 4) is 0 Å². The summed E-state index contributed by atoms with van der Waals surface area (Å²) >= 11 is 4.83. The van der Waals surface area contributed by atoms with Crippen molar-refractivity contribution in [1.82, 2.24) is 15.1 Å². The molecule has 0 saturated carbocycles. The molecule has 3 N–H and O–H groups in total. The minimum Gasteiger partial charge on any atom is -0.393 e. The Hall–Kier alpha value is -1.43. The zero-order valence-electron chi connectivity index (χ0n) is 10.1. The monoisotopic (exact) mass is 254 g/mol. The molecule has 0 unspecified atom stereocenters. The molecule has 17 heavy (non-hydrogen) atoms. The van der Waals surface area contributed by atoms with Crippen molar-refractivity contribution < 1.29 is 4.79 Å². The fraction of sp³-hybridized carbons (Fsp3) is 0.545. The maximum absolute atomic E-state index is 12.1.